The minimum Gasteiger partial charge on any atom is -0.497 e. The Balaban J connectivity index is 1.82. The van der Waals surface area contributed by atoms with Gasteiger partial charge < -0.3 is 24.6 Å². The molecule has 3 rings (SSSR count). The van der Waals surface area contributed by atoms with E-state index in [1.54, 1.807) is 18.2 Å². The van der Waals surface area contributed by atoms with E-state index in [1.165, 1.54) is 0 Å². The van der Waals surface area contributed by atoms with Crippen LogP contribution in [0, 0.1) is 5.92 Å². The molecule has 2 N–H and O–H groups in total. The first kappa shape index (κ1) is 18.8. The fourth-order valence-electron chi connectivity index (χ4n) is 3.33. The normalized spacial score (nSPS) is 18.0. The van der Waals surface area contributed by atoms with Gasteiger partial charge in [0.1, 0.15) is 17.6 Å². The summed E-state index contributed by atoms with van der Waals surface area (Å²) in [6.07, 6.45) is 4.78. The lowest BCUT2D eigenvalue weighted by Gasteiger charge is -2.32. The summed E-state index contributed by atoms with van der Waals surface area (Å²) in [5.74, 6) is 0.0460. The molecule has 0 aliphatic carbocycles. The number of piperidine rings is 1. The number of aliphatic carboxylic acids is 1. The molecule has 2 amide bonds. The number of nitrogens with zero attached hydrogens (tertiary/aromatic N) is 3. The Morgan fingerprint density at radius 3 is 2.67 bits per heavy atom. The van der Waals surface area contributed by atoms with E-state index in [4.69, 9.17) is 4.74 Å². The van der Waals surface area contributed by atoms with Gasteiger partial charge >= 0.3 is 12.0 Å². The Hall–Kier alpha value is -3.03. The average molecular weight is 372 g/mol. The number of amides is 2. The van der Waals surface area contributed by atoms with Gasteiger partial charge in [-0.3, -0.25) is 4.79 Å². The SMILES string of the molecule is COc1ccc(C(NC(=O)N2CCCC(C(=O)O)C2)c2nccn2C)cc1. The second-order valence-corrected chi connectivity index (χ2v) is 6.68. The van der Waals surface area contributed by atoms with Crippen molar-refractivity contribution < 1.29 is 19.4 Å². The van der Waals surface area contributed by atoms with Crippen molar-refractivity contribution in [1.29, 1.82) is 0 Å². The first-order valence-electron chi connectivity index (χ1n) is 8.89. The number of hydrogen-bond donors (Lipinski definition) is 2. The maximum atomic E-state index is 12.8. The molecule has 1 aliphatic rings. The first-order chi connectivity index (χ1) is 13.0. The predicted molar refractivity (Wildman–Crippen MR) is 98.5 cm³/mol. The Morgan fingerprint density at radius 1 is 1.33 bits per heavy atom. The number of carbonyl (C=O) groups excluding carboxylic acids is 1. The molecule has 1 fully saturated rings. The van der Waals surface area contributed by atoms with E-state index in [0.717, 1.165) is 11.3 Å². The molecule has 2 heterocycles. The van der Waals surface area contributed by atoms with Crippen molar-refractivity contribution in [2.45, 2.75) is 18.9 Å². The van der Waals surface area contributed by atoms with Gasteiger partial charge in [-0.15, -0.1) is 0 Å². The maximum absolute atomic E-state index is 12.8. The molecule has 1 aromatic heterocycles. The molecule has 8 heteroatoms. The van der Waals surface area contributed by atoms with Crippen molar-refractivity contribution in [2.75, 3.05) is 20.2 Å². The second-order valence-electron chi connectivity index (χ2n) is 6.68. The molecule has 1 aliphatic heterocycles. The topological polar surface area (TPSA) is 96.7 Å². The maximum Gasteiger partial charge on any atom is 0.318 e. The minimum atomic E-state index is -0.858. The van der Waals surface area contributed by atoms with Crippen molar-refractivity contribution >= 4 is 12.0 Å². The quantitative estimate of drug-likeness (QED) is 0.837. The summed E-state index contributed by atoms with van der Waals surface area (Å²) in [4.78, 5) is 30.1. The van der Waals surface area contributed by atoms with Crippen molar-refractivity contribution in [1.82, 2.24) is 19.8 Å². The third-order valence-corrected chi connectivity index (χ3v) is 4.89. The fourth-order valence-corrected chi connectivity index (χ4v) is 3.33. The van der Waals surface area contributed by atoms with Crippen LogP contribution in [0.5, 0.6) is 5.75 Å². The Morgan fingerprint density at radius 2 is 2.07 bits per heavy atom. The van der Waals surface area contributed by atoms with Crippen LogP contribution in [-0.2, 0) is 11.8 Å². The van der Waals surface area contributed by atoms with E-state index in [2.05, 4.69) is 10.3 Å². The Kier molecular flexibility index (Phi) is 5.63. The number of urea groups is 1. The number of imidazole rings is 1. The molecule has 1 saturated heterocycles. The monoisotopic (exact) mass is 372 g/mol. The predicted octanol–water partition coefficient (Wildman–Crippen LogP) is 2.02. The number of aromatic nitrogens is 2. The molecule has 2 unspecified atom stereocenters. The molecule has 144 valence electrons. The molecule has 2 atom stereocenters. The van der Waals surface area contributed by atoms with Crippen molar-refractivity contribution in [3.05, 3.63) is 48.0 Å². The smallest absolute Gasteiger partial charge is 0.318 e. The third kappa shape index (κ3) is 4.21. The number of hydrogen-bond acceptors (Lipinski definition) is 4. The third-order valence-electron chi connectivity index (χ3n) is 4.89. The Labute approximate surface area is 157 Å². The molecule has 27 heavy (non-hydrogen) atoms. The van der Waals surface area contributed by atoms with Gasteiger partial charge in [-0.1, -0.05) is 12.1 Å². The summed E-state index contributed by atoms with van der Waals surface area (Å²) in [7, 11) is 3.47. The number of carboxylic acid groups (broad SMARTS) is 1. The molecule has 1 aromatic carbocycles. The van der Waals surface area contributed by atoms with Crippen molar-refractivity contribution in [2.24, 2.45) is 13.0 Å². The van der Waals surface area contributed by atoms with Gasteiger partial charge in [-0.05, 0) is 30.5 Å². The van der Waals surface area contributed by atoms with Crippen LogP contribution < -0.4 is 10.1 Å². The largest absolute Gasteiger partial charge is 0.497 e. The van der Waals surface area contributed by atoms with Gasteiger partial charge in [0, 0.05) is 32.5 Å². The van der Waals surface area contributed by atoms with Crippen LogP contribution >= 0.6 is 0 Å². The van der Waals surface area contributed by atoms with E-state index >= 15 is 0 Å². The Bertz CT molecular complexity index is 802. The van der Waals surface area contributed by atoms with Gasteiger partial charge in [0.15, 0.2) is 0 Å². The summed E-state index contributed by atoms with van der Waals surface area (Å²) >= 11 is 0. The number of ether oxygens (including phenoxy) is 1. The number of nitrogens with one attached hydrogen (secondary N) is 1. The highest BCUT2D eigenvalue weighted by atomic mass is 16.5. The number of benzene rings is 1. The van der Waals surface area contributed by atoms with Crippen LogP contribution in [0.2, 0.25) is 0 Å². The standard InChI is InChI=1S/C19H24N4O4/c1-22-11-9-20-17(22)16(13-5-7-15(27-2)8-6-13)21-19(26)23-10-3-4-14(12-23)18(24)25/h5-9,11,14,16H,3-4,10,12H2,1-2H3,(H,21,26)(H,24,25). The molecule has 0 spiro atoms. The number of carboxylic acids is 1. The van der Waals surface area contributed by atoms with Crippen LogP contribution in [-0.4, -0.2) is 51.8 Å². The van der Waals surface area contributed by atoms with Crippen molar-refractivity contribution in [3.8, 4) is 5.75 Å². The number of rotatable bonds is 5. The van der Waals surface area contributed by atoms with Gasteiger partial charge in [-0.25, -0.2) is 9.78 Å². The van der Waals surface area contributed by atoms with Crippen LogP contribution in [0.3, 0.4) is 0 Å². The number of likely N-dealkylation sites (tertiary alicyclic amines) is 1. The second kappa shape index (κ2) is 8.11. The lowest BCUT2D eigenvalue weighted by atomic mass is 9.98. The minimum absolute atomic E-state index is 0.219. The van der Waals surface area contributed by atoms with E-state index in [-0.39, 0.29) is 12.6 Å². The number of aryl methyl sites for hydroxylation is 1. The molecule has 0 bridgehead atoms. The summed E-state index contributed by atoms with van der Waals surface area (Å²) in [5.41, 5.74) is 0.866. The molecule has 8 nitrogen and oxygen atoms in total. The van der Waals surface area contributed by atoms with Crippen LogP contribution in [0.25, 0.3) is 0 Å². The van der Waals surface area contributed by atoms with E-state index < -0.39 is 17.9 Å². The van der Waals surface area contributed by atoms with E-state index in [9.17, 15) is 14.7 Å². The van der Waals surface area contributed by atoms with E-state index in [0.29, 0.717) is 25.2 Å². The fraction of sp³-hybridized carbons (Fsp3) is 0.421. The van der Waals surface area contributed by atoms with Gasteiger partial charge in [0.25, 0.3) is 0 Å². The van der Waals surface area contributed by atoms with Gasteiger partial charge in [-0.2, -0.15) is 0 Å². The first-order valence-corrected chi connectivity index (χ1v) is 8.89. The summed E-state index contributed by atoms with van der Waals surface area (Å²) in [5, 5.41) is 12.3. The zero-order valence-corrected chi connectivity index (χ0v) is 15.5. The molecular weight excluding hydrogens is 348 g/mol. The average Bonchev–Trinajstić information content (AvgIpc) is 3.11. The lowest BCUT2D eigenvalue weighted by molar-refractivity contribution is -0.143. The van der Waals surface area contributed by atoms with Gasteiger partial charge in [0.2, 0.25) is 0 Å². The zero-order valence-electron chi connectivity index (χ0n) is 15.5. The number of carbonyl (C=O) groups is 2. The molecular formula is C19H24N4O4. The van der Waals surface area contributed by atoms with Crippen LogP contribution in [0.4, 0.5) is 4.79 Å². The summed E-state index contributed by atoms with van der Waals surface area (Å²) in [6, 6.07) is 6.69. The highest BCUT2D eigenvalue weighted by molar-refractivity contribution is 5.77. The summed E-state index contributed by atoms with van der Waals surface area (Å²) in [6.45, 7) is 0.766. The number of methoxy groups -OCH3 is 1. The highest BCUT2D eigenvalue weighted by Crippen LogP contribution is 2.24. The lowest BCUT2D eigenvalue weighted by Crippen LogP contribution is -2.48. The van der Waals surface area contributed by atoms with Crippen LogP contribution in [0.1, 0.15) is 30.3 Å². The van der Waals surface area contributed by atoms with Gasteiger partial charge in [0.05, 0.1) is 13.0 Å². The zero-order chi connectivity index (χ0) is 19.4. The summed E-state index contributed by atoms with van der Waals surface area (Å²) < 4.78 is 7.05. The highest BCUT2D eigenvalue weighted by Gasteiger charge is 2.30. The molecule has 2 aromatic rings. The van der Waals surface area contributed by atoms with E-state index in [1.807, 2.05) is 42.1 Å². The van der Waals surface area contributed by atoms with Crippen LogP contribution in [0.15, 0.2) is 36.7 Å². The molecule has 0 radical (unpaired) electrons. The van der Waals surface area contributed by atoms with Crippen molar-refractivity contribution in [3.63, 3.8) is 0 Å². The molecule has 0 saturated carbocycles.